The van der Waals surface area contributed by atoms with E-state index in [-0.39, 0.29) is 24.0 Å². The summed E-state index contributed by atoms with van der Waals surface area (Å²) in [5.41, 5.74) is 1.40. The van der Waals surface area contributed by atoms with Crippen molar-refractivity contribution in [2.75, 3.05) is 27.2 Å². The molecular formula is C15H25IN4. The van der Waals surface area contributed by atoms with Crippen LogP contribution in [0.25, 0.3) is 0 Å². The lowest BCUT2D eigenvalue weighted by molar-refractivity contribution is 0.245. The van der Waals surface area contributed by atoms with Gasteiger partial charge in [-0.2, -0.15) is 0 Å². The molecule has 1 heterocycles. The number of aliphatic imine (C=N–C) groups is 1. The average molecular weight is 388 g/mol. The normalized spacial score (nSPS) is 19.5. The second kappa shape index (κ2) is 9.18. The van der Waals surface area contributed by atoms with Crippen molar-refractivity contribution in [1.82, 2.24) is 15.5 Å². The second-order valence-corrected chi connectivity index (χ2v) is 4.96. The summed E-state index contributed by atoms with van der Waals surface area (Å²) in [6.07, 6.45) is 2.55. The maximum atomic E-state index is 4.15. The minimum Gasteiger partial charge on any atom is -0.359 e. The Hall–Kier alpha value is -0.820. The number of halogens is 1. The molecule has 1 fully saturated rings. The summed E-state index contributed by atoms with van der Waals surface area (Å²) in [6, 6.07) is 11.3. The summed E-state index contributed by atoms with van der Waals surface area (Å²) in [5, 5.41) is 6.43. The molecule has 0 bridgehead atoms. The molecule has 5 heteroatoms. The van der Waals surface area contributed by atoms with Crippen LogP contribution < -0.4 is 10.6 Å². The van der Waals surface area contributed by atoms with E-state index in [1.165, 1.54) is 24.9 Å². The van der Waals surface area contributed by atoms with Crippen molar-refractivity contribution in [3.63, 3.8) is 0 Å². The average Bonchev–Trinajstić information content (AvgIpc) is 2.88. The summed E-state index contributed by atoms with van der Waals surface area (Å²) in [4.78, 5) is 6.71. The molecule has 1 aliphatic rings. The van der Waals surface area contributed by atoms with Crippen LogP contribution in [0, 0.1) is 0 Å². The smallest absolute Gasteiger partial charge is 0.190 e. The zero-order valence-corrected chi connectivity index (χ0v) is 14.6. The third-order valence-electron chi connectivity index (χ3n) is 3.69. The lowest BCUT2D eigenvalue weighted by atomic mass is 10.2. The molecule has 0 radical (unpaired) electrons. The van der Waals surface area contributed by atoms with E-state index in [0.717, 1.165) is 19.0 Å². The Kier molecular flexibility index (Phi) is 7.91. The number of rotatable bonds is 4. The molecule has 0 amide bonds. The SMILES string of the molecule is CN=C(NC)NCC1CCCN1Cc1ccccc1.I. The lowest BCUT2D eigenvalue weighted by Gasteiger charge is -2.25. The molecule has 1 aromatic rings. The van der Waals surface area contributed by atoms with Crippen molar-refractivity contribution in [1.29, 1.82) is 0 Å². The monoisotopic (exact) mass is 388 g/mol. The molecule has 2 rings (SSSR count). The molecule has 2 N–H and O–H groups in total. The van der Waals surface area contributed by atoms with Crippen LogP contribution in [0.5, 0.6) is 0 Å². The van der Waals surface area contributed by atoms with Crippen LogP contribution in [0.1, 0.15) is 18.4 Å². The van der Waals surface area contributed by atoms with Crippen LogP contribution in [-0.2, 0) is 6.54 Å². The largest absolute Gasteiger partial charge is 0.359 e. The van der Waals surface area contributed by atoms with E-state index in [1.54, 1.807) is 7.05 Å². The van der Waals surface area contributed by atoms with Crippen LogP contribution in [0.3, 0.4) is 0 Å². The molecule has 1 aromatic carbocycles. The van der Waals surface area contributed by atoms with Crippen molar-refractivity contribution in [3.8, 4) is 0 Å². The fourth-order valence-corrected chi connectivity index (χ4v) is 2.65. The van der Waals surface area contributed by atoms with Crippen molar-refractivity contribution >= 4 is 29.9 Å². The summed E-state index contributed by atoms with van der Waals surface area (Å²) >= 11 is 0. The van der Waals surface area contributed by atoms with E-state index < -0.39 is 0 Å². The van der Waals surface area contributed by atoms with E-state index in [4.69, 9.17) is 0 Å². The predicted octanol–water partition coefficient (Wildman–Crippen LogP) is 2.06. The fourth-order valence-electron chi connectivity index (χ4n) is 2.65. The molecule has 0 aromatic heterocycles. The molecule has 4 nitrogen and oxygen atoms in total. The van der Waals surface area contributed by atoms with Gasteiger partial charge in [-0.1, -0.05) is 30.3 Å². The summed E-state index contributed by atoms with van der Waals surface area (Å²) in [5.74, 6) is 0.867. The molecule has 0 spiro atoms. The summed E-state index contributed by atoms with van der Waals surface area (Å²) in [7, 11) is 3.70. The molecule has 0 aliphatic carbocycles. The van der Waals surface area contributed by atoms with E-state index in [2.05, 4.69) is 50.9 Å². The third kappa shape index (κ3) is 4.94. The van der Waals surface area contributed by atoms with Gasteiger partial charge in [0.2, 0.25) is 0 Å². The number of hydrogen-bond acceptors (Lipinski definition) is 2. The van der Waals surface area contributed by atoms with Gasteiger partial charge >= 0.3 is 0 Å². The van der Waals surface area contributed by atoms with Crippen LogP contribution in [-0.4, -0.2) is 44.1 Å². The fraction of sp³-hybridized carbons (Fsp3) is 0.533. The van der Waals surface area contributed by atoms with Gasteiger partial charge in [0, 0.05) is 33.2 Å². The number of hydrogen-bond donors (Lipinski definition) is 2. The quantitative estimate of drug-likeness (QED) is 0.471. The number of benzene rings is 1. The lowest BCUT2D eigenvalue weighted by Crippen LogP contribution is -2.43. The van der Waals surface area contributed by atoms with Crippen LogP contribution >= 0.6 is 24.0 Å². The van der Waals surface area contributed by atoms with Gasteiger partial charge in [-0.05, 0) is 24.9 Å². The van der Waals surface area contributed by atoms with E-state index in [9.17, 15) is 0 Å². The van der Waals surface area contributed by atoms with E-state index in [1.807, 2.05) is 7.05 Å². The highest BCUT2D eigenvalue weighted by Crippen LogP contribution is 2.19. The zero-order valence-electron chi connectivity index (χ0n) is 12.3. The first-order valence-electron chi connectivity index (χ1n) is 7.00. The zero-order chi connectivity index (χ0) is 13.5. The Labute approximate surface area is 139 Å². The highest BCUT2D eigenvalue weighted by Gasteiger charge is 2.24. The maximum absolute atomic E-state index is 4.15. The van der Waals surface area contributed by atoms with Crippen molar-refractivity contribution in [2.45, 2.75) is 25.4 Å². The maximum Gasteiger partial charge on any atom is 0.190 e. The first-order chi connectivity index (χ1) is 9.33. The predicted molar refractivity (Wildman–Crippen MR) is 95.7 cm³/mol. The van der Waals surface area contributed by atoms with Crippen LogP contribution in [0.15, 0.2) is 35.3 Å². The van der Waals surface area contributed by atoms with Gasteiger partial charge in [0.15, 0.2) is 5.96 Å². The number of nitrogens with zero attached hydrogens (tertiary/aromatic N) is 2. The van der Waals surface area contributed by atoms with Crippen molar-refractivity contribution in [3.05, 3.63) is 35.9 Å². The Morgan fingerprint density at radius 2 is 2.10 bits per heavy atom. The van der Waals surface area contributed by atoms with Gasteiger partial charge in [0.25, 0.3) is 0 Å². The van der Waals surface area contributed by atoms with Gasteiger partial charge in [-0.3, -0.25) is 9.89 Å². The minimum atomic E-state index is 0. The Balaban J connectivity index is 0.00000200. The standard InChI is InChI=1S/C15H24N4.HI/c1-16-15(17-2)18-11-14-9-6-10-19(14)12-13-7-4-3-5-8-13;/h3-5,7-8,14H,6,9-12H2,1-2H3,(H2,16,17,18);1H. The van der Waals surface area contributed by atoms with Crippen molar-refractivity contribution in [2.24, 2.45) is 4.99 Å². The van der Waals surface area contributed by atoms with Gasteiger partial charge in [0.1, 0.15) is 0 Å². The molecule has 1 aliphatic heterocycles. The van der Waals surface area contributed by atoms with Gasteiger partial charge in [-0.15, -0.1) is 24.0 Å². The Morgan fingerprint density at radius 1 is 1.35 bits per heavy atom. The van der Waals surface area contributed by atoms with E-state index >= 15 is 0 Å². The molecule has 20 heavy (non-hydrogen) atoms. The van der Waals surface area contributed by atoms with Gasteiger partial charge < -0.3 is 10.6 Å². The molecule has 0 saturated carbocycles. The topological polar surface area (TPSA) is 39.7 Å². The summed E-state index contributed by atoms with van der Waals surface area (Å²) in [6.45, 7) is 3.20. The van der Waals surface area contributed by atoms with Gasteiger partial charge in [0.05, 0.1) is 0 Å². The molecule has 1 atom stereocenters. The molecular weight excluding hydrogens is 363 g/mol. The first kappa shape index (κ1) is 17.2. The summed E-state index contributed by atoms with van der Waals surface area (Å²) < 4.78 is 0. The number of nitrogens with one attached hydrogen (secondary N) is 2. The number of guanidine groups is 1. The molecule has 1 unspecified atom stereocenters. The second-order valence-electron chi connectivity index (χ2n) is 4.96. The first-order valence-corrected chi connectivity index (χ1v) is 7.00. The Bertz CT molecular complexity index is 408. The van der Waals surface area contributed by atoms with Crippen LogP contribution in [0.2, 0.25) is 0 Å². The Morgan fingerprint density at radius 3 is 2.75 bits per heavy atom. The van der Waals surface area contributed by atoms with Gasteiger partial charge in [-0.25, -0.2) is 0 Å². The molecule has 1 saturated heterocycles. The van der Waals surface area contributed by atoms with Crippen molar-refractivity contribution < 1.29 is 0 Å². The molecule has 112 valence electrons. The highest BCUT2D eigenvalue weighted by molar-refractivity contribution is 14.0. The van der Waals surface area contributed by atoms with E-state index in [0.29, 0.717) is 6.04 Å². The number of likely N-dealkylation sites (tertiary alicyclic amines) is 1. The van der Waals surface area contributed by atoms with Crippen LogP contribution in [0.4, 0.5) is 0 Å². The third-order valence-corrected chi connectivity index (χ3v) is 3.69. The highest BCUT2D eigenvalue weighted by atomic mass is 127. The minimum absolute atomic E-state index is 0.